The van der Waals surface area contributed by atoms with E-state index in [1.54, 1.807) is 49.9 Å². The van der Waals surface area contributed by atoms with Gasteiger partial charge in [-0.1, -0.05) is 11.6 Å². The predicted molar refractivity (Wildman–Crippen MR) is 83.1 cm³/mol. The Morgan fingerprint density at radius 1 is 1.32 bits per heavy atom. The molecule has 0 saturated carbocycles. The number of nitrogens with zero attached hydrogens (tertiary/aromatic N) is 1. The van der Waals surface area contributed by atoms with Crippen LogP contribution in [-0.4, -0.2) is 40.6 Å². The van der Waals surface area contributed by atoms with E-state index in [4.69, 9.17) is 16.3 Å². The van der Waals surface area contributed by atoms with Crippen molar-refractivity contribution in [1.29, 1.82) is 0 Å². The third-order valence-electron chi connectivity index (χ3n) is 3.98. The Kier molecular flexibility index (Phi) is 4.38. The topological polar surface area (TPSA) is 66.8 Å². The standard InChI is InChI=1S/C16H20ClNO4/c1-15(2,22-12-6-4-11(17)5-7-12)13(19)18-9-8-16(3,10-18)14(20)21/h4-7H,8-10H2,1-3H3,(H,20,21). The average molecular weight is 326 g/mol. The Hall–Kier alpha value is -1.75. The summed E-state index contributed by atoms with van der Waals surface area (Å²) in [6, 6.07) is 6.77. The van der Waals surface area contributed by atoms with E-state index in [2.05, 4.69) is 0 Å². The van der Waals surface area contributed by atoms with E-state index in [0.717, 1.165) is 0 Å². The first-order valence-electron chi connectivity index (χ1n) is 7.11. The quantitative estimate of drug-likeness (QED) is 0.924. The molecule has 1 N–H and O–H groups in total. The van der Waals surface area contributed by atoms with Gasteiger partial charge in [0.2, 0.25) is 0 Å². The van der Waals surface area contributed by atoms with Crippen LogP contribution in [0.25, 0.3) is 0 Å². The maximum atomic E-state index is 12.6. The number of carboxylic acids is 1. The number of ether oxygens (including phenoxy) is 1. The summed E-state index contributed by atoms with van der Waals surface area (Å²) in [6.45, 7) is 5.65. The molecule has 0 radical (unpaired) electrons. The fourth-order valence-corrected chi connectivity index (χ4v) is 2.66. The highest BCUT2D eigenvalue weighted by atomic mass is 35.5. The Balaban J connectivity index is 2.08. The molecule has 1 amide bonds. The smallest absolute Gasteiger partial charge is 0.311 e. The molecule has 1 saturated heterocycles. The van der Waals surface area contributed by atoms with Gasteiger partial charge in [-0.05, 0) is 51.5 Å². The summed E-state index contributed by atoms with van der Waals surface area (Å²) < 4.78 is 5.76. The summed E-state index contributed by atoms with van der Waals surface area (Å²) in [6.07, 6.45) is 0.450. The first-order chi connectivity index (χ1) is 10.1. The summed E-state index contributed by atoms with van der Waals surface area (Å²) in [5.74, 6) is -0.547. The first-order valence-corrected chi connectivity index (χ1v) is 7.49. The second-order valence-corrected chi connectivity index (χ2v) is 6.85. The number of carbonyl (C=O) groups is 2. The molecule has 0 bridgehead atoms. The molecule has 0 aliphatic carbocycles. The zero-order chi connectivity index (χ0) is 16.5. The van der Waals surface area contributed by atoms with E-state index in [1.807, 2.05) is 0 Å². The van der Waals surface area contributed by atoms with E-state index in [9.17, 15) is 14.7 Å². The fourth-order valence-electron chi connectivity index (χ4n) is 2.53. The van der Waals surface area contributed by atoms with Crippen LogP contribution < -0.4 is 4.74 Å². The molecule has 1 aliphatic rings. The number of rotatable bonds is 4. The average Bonchev–Trinajstić information content (AvgIpc) is 2.84. The van der Waals surface area contributed by atoms with Gasteiger partial charge in [0.15, 0.2) is 5.60 Å². The Morgan fingerprint density at radius 3 is 2.41 bits per heavy atom. The van der Waals surface area contributed by atoms with E-state index in [1.165, 1.54) is 0 Å². The number of carbonyl (C=O) groups excluding carboxylic acids is 1. The Bertz CT molecular complexity index is 584. The number of aliphatic carboxylic acids is 1. The zero-order valence-corrected chi connectivity index (χ0v) is 13.7. The highest BCUT2D eigenvalue weighted by Gasteiger charge is 2.45. The first kappa shape index (κ1) is 16.6. The fraction of sp³-hybridized carbons (Fsp3) is 0.500. The van der Waals surface area contributed by atoms with Gasteiger partial charge in [-0.2, -0.15) is 0 Å². The lowest BCUT2D eigenvalue weighted by Gasteiger charge is -2.30. The minimum atomic E-state index is -1.07. The van der Waals surface area contributed by atoms with Gasteiger partial charge >= 0.3 is 5.97 Å². The number of halogens is 1. The highest BCUT2D eigenvalue weighted by Crippen LogP contribution is 2.32. The molecule has 22 heavy (non-hydrogen) atoms. The SMILES string of the molecule is CC1(C(=O)O)CCN(C(=O)C(C)(C)Oc2ccc(Cl)cc2)C1. The van der Waals surface area contributed by atoms with Crippen LogP contribution in [0.15, 0.2) is 24.3 Å². The third-order valence-corrected chi connectivity index (χ3v) is 4.23. The van der Waals surface area contributed by atoms with Crippen LogP contribution in [0.5, 0.6) is 5.75 Å². The largest absolute Gasteiger partial charge is 0.481 e. The molecule has 1 aliphatic heterocycles. The summed E-state index contributed by atoms with van der Waals surface area (Å²) in [5, 5.41) is 9.85. The summed E-state index contributed by atoms with van der Waals surface area (Å²) >= 11 is 5.82. The van der Waals surface area contributed by atoms with Crippen molar-refractivity contribution in [3.05, 3.63) is 29.3 Å². The van der Waals surface area contributed by atoms with E-state index in [-0.39, 0.29) is 12.5 Å². The molecular formula is C16H20ClNO4. The van der Waals surface area contributed by atoms with E-state index in [0.29, 0.717) is 23.7 Å². The second-order valence-electron chi connectivity index (χ2n) is 6.41. The summed E-state index contributed by atoms with van der Waals surface area (Å²) in [7, 11) is 0. The number of carboxylic acid groups (broad SMARTS) is 1. The van der Waals surface area contributed by atoms with Gasteiger partial charge in [0, 0.05) is 18.1 Å². The monoisotopic (exact) mass is 325 g/mol. The van der Waals surface area contributed by atoms with E-state index < -0.39 is 17.0 Å². The molecule has 0 spiro atoms. The molecule has 5 nitrogen and oxygen atoms in total. The van der Waals surface area contributed by atoms with Crippen LogP contribution in [-0.2, 0) is 9.59 Å². The van der Waals surface area contributed by atoms with Crippen LogP contribution in [0.1, 0.15) is 27.2 Å². The van der Waals surface area contributed by atoms with Crippen LogP contribution in [0.2, 0.25) is 5.02 Å². The van der Waals surface area contributed by atoms with Gasteiger partial charge in [-0.15, -0.1) is 0 Å². The maximum Gasteiger partial charge on any atom is 0.311 e. The second kappa shape index (κ2) is 5.80. The van der Waals surface area contributed by atoms with Crippen LogP contribution in [0.4, 0.5) is 0 Å². The van der Waals surface area contributed by atoms with Crippen molar-refractivity contribution in [1.82, 2.24) is 4.90 Å². The van der Waals surface area contributed by atoms with Gasteiger partial charge in [0.25, 0.3) is 5.91 Å². The van der Waals surface area contributed by atoms with Crippen molar-refractivity contribution >= 4 is 23.5 Å². The molecule has 1 heterocycles. The number of hydrogen-bond donors (Lipinski definition) is 1. The third kappa shape index (κ3) is 3.35. The number of hydrogen-bond acceptors (Lipinski definition) is 3. The van der Waals surface area contributed by atoms with Crippen LogP contribution in [0, 0.1) is 5.41 Å². The number of likely N-dealkylation sites (tertiary alicyclic amines) is 1. The molecular weight excluding hydrogens is 306 g/mol. The zero-order valence-electron chi connectivity index (χ0n) is 12.9. The lowest BCUT2D eigenvalue weighted by atomic mass is 9.90. The molecule has 1 fully saturated rings. The van der Waals surface area contributed by atoms with Gasteiger partial charge in [-0.3, -0.25) is 9.59 Å². The lowest BCUT2D eigenvalue weighted by molar-refractivity contribution is -0.149. The van der Waals surface area contributed by atoms with Gasteiger partial charge in [0.05, 0.1) is 5.41 Å². The number of benzene rings is 1. The highest BCUT2D eigenvalue weighted by molar-refractivity contribution is 6.30. The van der Waals surface area contributed by atoms with Crippen molar-refractivity contribution < 1.29 is 19.4 Å². The predicted octanol–water partition coefficient (Wildman–Crippen LogP) is 2.82. The van der Waals surface area contributed by atoms with Crippen molar-refractivity contribution in [2.45, 2.75) is 32.8 Å². The molecule has 2 rings (SSSR count). The molecule has 6 heteroatoms. The number of amides is 1. The molecule has 1 aromatic rings. The van der Waals surface area contributed by atoms with Crippen molar-refractivity contribution in [2.24, 2.45) is 5.41 Å². The van der Waals surface area contributed by atoms with Crippen molar-refractivity contribution in [3.8, 4) is 5.75 Å². The maximum absolute atomic E-state index is 12.6. The van der Waals surface area contributed by atoms with Crippen LogP contribution >= 0.6 is 11.6 Å². The normalized spacial score (nSPS) is 21.7. The molecule has 1 unspecified atom stereocenters. The van der Waals surface area contributed by atoms with Gasteiger partial charge in [0.1, 0.15) is 5.75 Å². The Morgan fingerprint density at radius 2 is 1.91 bits per heavy atom. The lowest BCUT2D eigenvalue weighted by Crippen LogP contribution is -2.49. The molecule has 0 aromatic heterocycles. The van der Waals surface area contributed by atoms with Crippen molar-refractivity contribution in [2.75, 3.05) is 13.1 Å². The molecule has 120 valence electrons. The van der Waals surface area contributed by atoms with Crippen LogP contribution in [0.3, 0.4) is 0 Å². The Labute approximate surface area is 134 Å². The summed E-state index contributed by atoms with van der Waals surface area (Å²) in [5.41, 5.74) is -1.95. The van der Waals surface area contributed by atoms with E-state index >= 15 is 0 Å². The minimum Gasteiger partial charge on any atom is -0.481 e. The summed E-state index contributed by atoms with van der Waals surface area (Å²) in [4.78, 5) is 25.5. The van der Waals surface area contributed by atoms with Crippen molar-refractivity contribution in [3.63, 3.8) is 0 Å². The van der Waals surface area contributed by atoms with Gasteiger partial charge < -0.3 is 14.7 Å². The van der Waals surface area contributed by atoms with Gasteiger partial charge in [-0.25, -0.2) is 0 Å². The molecule has 1 aromatic carbocycles. The minimum absolute atomic E-state index is 0.203. The molecule has 1 atom stereocenters.